The Kier molecular flexibility index (Phi) is 5.70. The molecule has 1 aromatic rings. The van der Waals surface area contributed by atoms with Gasteiger partial charge in [-0.1, -0.05) is 25.1 Å². The highest BCUT2D eigenvalue weighted by Gasteiger charge is 2.22. The van der Waals surface area contributed by atoms with Crippen LogP contribution in [0.1, 0.15) is 6.92 Å². The molecule has 0 fully saturated rings. The molecule has 1 aliphatic carbocycles. The van der Waals surface area contributed by atoms with Gasteiger partial charge in [-0.3, -0.25) is 0 Å². The predicted octanol–water partition coefficient (Wildman–Crippen LogP) is 3.51. The van der Waals surface area contributed by atoms with Gasteiger partial charge in [0.2, 0.25) is 0 Å². The molecule has 7 heteroatoms. The van der Waals surface area contributed by atoms with E-state index in [4.69, 9.17) is 4.74 Å². The van der Waals surface area contributed by atoms with Crippen LogP contribution in [-0.2, 0) is 4.74 Å². The molecule has 2 atom stereocenters. The maximum atomic E-state index is 12.2. The number of methoxy groups -OCH3 is 1. The number of carbonyl (C=O) groups excluding carboxylic acids is 1. The average Bonchev–Trinajstić information content (AvgIpc) is 2.49. The number of benzene rings is 1. The first-order valence-electron chi connectivity index (χ1n) is 7.03. The van der Waals surface area contributed by atoms with Crippen molar-refractivity contribution in [3.8, 4) is 5.75 Å². The van der Waals surface area contributed by atoms with Crippen LogP contribution in [0.2, 0.25) is 0 Å². The van der Waals surface area contributed by atoms with Gasteiger partial charge in [0.1, 0.15) is 5.75 Å². The Balaban J connectivity index is 1.97. The molecule has 0 saturated carbocycles. The summed E-state index contributed by atoms with van der Waals surface area (Å²) in [6.45, 7) is -0.981. The van der Waals surface area contributed by atoms with Crippen molar-refractivity contribution < 1.29 is 23.0 Å². The fourth-order valence-electron chi connectivity index (χ4n) is 2.25. The van der Waals surface area contributed by atoms with Gasteiger partial charge in [-0.2, -0.15) is 8.78 Å². The molecule has 2 rings (SSSR count). The van der Waals surface area contributed by atoms with E-state index in [1.807, 2.05) is 13.0 Å². The number of ether oxygens (including phenoxy) is 2. The monoisotopic (exact) mass is 324 g/mol. The Morgan fingerprint density at radius 3 is 2.78 bits per heavy atom. The number of anilines is 1. The molecule has 0 aromatic heterocycles. The van der Waals surface area contributed by atoms with Crippen molar-refractivity contribution in [3.63, 3.8) is 0 Å². The molecule has 2 amide bonds. The number of urea groups is 1. The van der Waals surface area contributed by atoms with Crippen LogP contribution in [0.3, 0.4) is 0 Å². The number of alkyl halides is 2. The Morgan fingerprint density at radius 1 is 1.30 bits per heavy atom. The molecule has 0 spiro atoms. The van der Waals surface area contributed by atoms with Crippen molar-refractivity contribution >= 4 is 11.7 Å². The lowest BCUT2D eigenvalue weighted by molar-refractivity contribution is -0.0497. The third-order valence-electron chi connectivity index (χ3n) is 3.41. The lowest BCUT2D eigenvalue weighted by Gasteiger charge is -2.25. The molecule has 2 unspecified atom stereocenters. The third-order valence-corrected chi connectivity index (χ3v) is 3.41. The molecule has 0 bridgehead atoms. The van der Waals surface area contributed by atoms with Crippen LogP contribution in [-0.4, -0.2) is 25.9 Å². The summed E-state index contributed by atoms with van der Waals surface area (Å²) in [5.41, 5.74) is 1.06. The topological polar surface area (TPSA) is 59.6 Å². The maximum Gasteiger partial charge on any atom is 0.387 e. The molecule has 0 heterocycles. The number of hydrogen-bond donors (Lipinski definition) is 2. The highest BCUT2D eigenvalue weighted by Crippen LogP contribution is 2.22. The zero-order valence-corrected chi connectivity index (χ0v) is 12.8. The van der Waals surface area contributed by atoms with Crippen molar-refractivity contribution in [3.05, 3.63) is 48.2 Å². The molecule has 124 valence electrons. The second-order valence-electron chi connectivity index (χ2n) is 4.98. The van der Waals surface area contributed by atoms with E-state index in [1.165, 1.54) is 18.2 Å². The molecule has 23 heavy (non-hydrogen) atoms. The Labute approximate surface area is 133 Å². The Hall–Kier alpha value is -2.41. The first-order chi connectivity index (χ1) is 11.0. The first-order valence-corrected chi connectivity index (χ1v) is 7.03. The number of nitrogens with one attached hydrogen (secondary N) is 2. The maximum absolute atomic E-state index is 12.2. The predicted molar refractivity (Wildman–Crippen MR) is 82.4 cm³/mol. The van der Waals surface area contributed by atoms with Crippen LogP contribution in [0.25, 0.3) is 0 Å². The minimum absolute atomic E-state index is 0.00995. The summed E-state index contributed by atoms with van der Waals surface area (Å²) < 4.78 is 34.0. The van der Waals surface area contributed by atoms with Gasteiger partial charge < -0.3 is 20.1 Å². The van der Waals surface area contributed by atoms with E-state index >= 15 is 0 Å². The number of amides is 2. The summed E-state index contributed by atoms with van der Waals surface area (Å²) in [5.74, 6) is -0.0327. The first kappa shape index (κ1) is 17.0. The Bertz CT molecular complexity index is 617. The standard InChI is InChI=1S/C16H18F2N2O3/c1-10-13(7-4-8-14(10)22-2)20-16(21)19-11-5-3-6-12(9-11)23-15(17)18/h3-10,14-15H,1-2H3,(H2,19,20,21). The van der Waals surface area contributed by atoms with Crippen LogP contribution in [0, 0.1) is 5.92 Å². The van der Waals surface area contributed by atoms with Gasteiger partial charge in [0.05, 0.1) is 6.10 Å². The van der Waals surface area contributed by atoms with Crippen molar-refractivity contribution in [2.75, 3.05) is 12.4 Å². The number of rotatable bonds is 5. The zero-order valence-electron chi connectivity index (χ0n) is 12.8. The van der Waals surface area contributed by atoms with E-state index in [0.717, 1.165) is 0 Å². The van der Waals surface area contributed by atoms with Crippen molar-refractivity contribution in [2.24, 2.45) is 5.92 Å². The molecule has 2 N–H and O–H groups in total. The molecule has 0 radical (unpaired) electrons. The summed E-state index contributed by atoms with van der Waals surface area (Å²) in [6.07, 6.45) is 5.38. The van der Waals surface area contributed by atoms with Crippen LogP contribution in [0.15, 0.2) is 48.2 Å². The smallest absolute Gasteiger partial charge is 0.387 e. The number of carbonyl (C=O) groups is 1. The summed E-state index contributed by atoms with van der Waals surface area (Å²) in [4.78, 5) is 12.0. The second-order valence-corrected chi connectivity index (χ2v) is 4.98. The number of allylic oxidation sites excluding steroid dienone is 2. The zero-order chi connectivity index (χ0) is 16.8. The van der Waals surface area contributed by atoms with Gasteiger partial charge in [-0.25, -0.2) is 4.79 Å². The summed E-state index contributed by atoms with van der Waals surface area (Å²) in [6, 6.07) is 5.33. The van der Waals surface area contributed by atoms with E-state index in [2.05, 4.69) is 15.4 Å². The van der Waals surface area contributed by atoms with E-state index in [1.54, 1.807) is 25.3 Å². The molecule has 0 saturated heterocycles. The molecular weight excluding hydrogens is 306 g/mol. The average molecular weight is 324 g/mol. The minimum Gasteiger partial charge on any atom is -0.435 e. The van der Waals surface area contributed by atoms with Crippen LogP contribution < -0.4 is 15.4 Å². The van der Waals surface area contributed by atoms with E-state index in [0.29, 0.717) is 11.4 Å². The molecule has 0 aliphatic heterocycles. The minimum atomic E-state index is -2.91. The molecular formula is C16H18F2N2O3. The van der Waals surface area contributed by atoms with Crippen LogP contribution in [0.4, 0.5) is 19.3 Å². The number of hydrogen-bond acceptors (Lipinski definition) is 3. The van der Waals surface area contributed by atoms with Gasteiger partial charge in [0.25, 0.3) is 0 Å². The van der Waals surface area contributed by atoms with Gasteiger partial charge >= 0.3 is 12.6 Å². The van der Waals surface area contributed by atoms with E-state index < -0.39 is 12.6 Å². The molecule has 1 aromatic carbocycles. The summed E-state index contributed by atoms with van der Waals surface area (Å²) in [7, 11) is 1.60. The van der Waals surface area contributed by atoms with Gasteiger partial charge in [0.15, 0.2) is 0 Å². The van der Waals surface area contributed by atoms with Crippen molar-refractivity contribution in [1.29, 1.82) is 0 Å². The van der Waals surface area contributed by atoms with Gasteiger partial charge in [-0.05, 0) is 18.2 Å². The summed E-state index contributed by atoms with van der Waals surface area (Å²) in [5, 5.41) is 5.31. The quantitative estimate of drug-likeness (QED) is 0.871. The second kappa shape index (κ2) is 7.73. The van der Waals surface area contributed by atoms with Gasteiger partial charge in [0, 0.05) is 30.5 Å². The summed E-state index contributed by atoms with van der Waals surface area (Å²) >= 11 is 0. The lowest BCUT2D eigenvalue weighted by atomic mass is 9.96. The van der Waals surface area contributed by atoms with Crippen molar-refractivity contribution in [1.82, 2.24) is 5.32 Å². The SMILES string of the molecule is COC1C=CC=C(NC(=O)Nc2cccc(OC(F)F)c2)C1C. The third kappa shape index (κ3) is 4.79. The van der Waals surface area contributed by atoms with Crippen LogP contribution >= 0.6 is 0 Å². The lowest BCUT2D eigenvalue weighted by Crippen LogP contribution is -2.35. The van der Waals surface area contributed by atoms with Gasteiger partial charge in [-0.15, -0.1) is 0 Å². The Morgan fingerprint density at radius 2 is 2.09 bits per heavy atom. The number of halogens is 2. The fraction of sp³-hybridized carbons (Fsp3) is 0.312. The highest BCUT2D eigenvalue weighted by atomic mass is 19.3. The fourth-order valence-corrected chi connectivity index (χ4v) is 2.25. The molecule has 5 nitrogen and oxygen atoms in total. The van der Waals surface area contributed by atoms with E-state index in [9.17, 15) is 13.6 Å². The molecule has 1 aliphatic rings. The highest BCUT2D eigenvalue weighted by molar-refractivity contribution is 5.90. The van der Waals surface area contributed by atoms with E-state index in [-0.39, 0.29) is 17.8 Å². The van der Waals surface area contributed by atoms with Crippen LogP contribution in [0.5, 0.6) is 5.75 Å². The van der Waals surface area contributed by atoms with Crippen molar-refractivity contribution in [2.45, 2.75) is 19.6 Å². The largest absolute Gasteiger partial charge is 0.435 e. The normalized spacial score (nSPS) is 20.1.